The quantitative estimate of drug-likeness (QED) is 0.555. The van der Waals surface area contributed by atoms with Crippen molar-refractivity contribution < 1.29 is 26.3 Å². The molecule has 1 aromatic rings. The molecule has 1 aromatic carbocycles. The van der Waals surface area contributed by atoms with Crippen LogP contribution < -0.4 is 0 Å². The molecule has 0 N–H and O–H groups in total. The van der Waals surface area contributed by atoms with Gasteiger partial charge in [-0.2, -0.15) is 26.3 Å². The minimum absolute atomic E-state index is 0.0917. The van der Waals surface area contributed by atoms with Crippen molar-refractivity contribution in [1.82, 2.24) is 0 Å². The number of rotatable bonds is 4. The van der Waals surface area contributed by atoms with Crippen LogP contribution in [0.15, 0.2) is 18.2 Å². The Morgan fingerprint density at radius 3 is 1.48 bits per heavy atom. The summed E-state index contributed by atoms with van der Waals surface area (Å²) in [6, 6.07) is 1.86. The van der Waals surface area contributed by atoms with Crippen molar-refractivity contribution in [3.8, 4) is 0 Å². The highest BCUT2D eigenvalue weighted by atomic mass is 19.4. The van der Waals surface area contributed by atoms with Crippen LogP contribution in [0.4, 0.5) is 26.3 Å². The lowest BCUT2D eigenvalue weighted by Gasteiger charge is -2.30. The van der Waals surface area contributed by atoms with Gasteiger partial charge in [0, 0.05) is 0 Å². The lowest BCUT2D eigenvalue weighted by molar-refractivity contribution is -0.143. The van der Waals surface area contributed by atoms with Crippen molar-refractivity contribution in [3.05, 3.63) is 34.9 Å². The lowest BCUT2D eigenvalue weighted by atomic mass is 9.59. The van der Waals surface area contributed by atoms with Gasteiger partial charge in [-0.05, 0) is 29.1 Å². The van der Waals surface area contributed by atoms with E-state index in [0.717, 1.165) is 12.1 Å². The topological polar surface area (TPSA) is 0 Å². The predicted octanol–water partition coefficient (Wildman–Crippen LogP) is 4.76. The van der Waals surface area contributed by atoms with Crippen LogP contribution in [-0.4, -0.2) is 7.85 Å². The molecule has 0 heterocycles. The monoisotopic (exact) mass is 310 g/mol. The fourth-order valence-corrected chi connectivity index (χ4v) is 2.38. The molecule has 0 amide bonds. The first-order valence-corrected chi connectivity index (χ1v) is 6.74. The van der Waals surface area contributed by atoms with Crippen molar-refractivity contribution in [2.75, 3.05) is 0 Å². The maximum atomic E-state index is 12.8. The normalized spacial score (nSPS) is 15.8. The summed E-state index contributed by atoms with van der Waals surface area (Å²) in [4.78, 5) is 0. The zero-order valence-corrected chi connectivity index (χ0v) is 12.1. The number of benzene rings is 1. The van der Waals surface area contributed by atoms with Gasteiger partial charge in [0.1, 0.15) is 7.85 Å². The van der Waals surface area contributed by atoms with Crippen LogP contribution in [0.2, 0.25) is 0 Å². The fraction of sp³-hybridized carbons (Fsp3) is 0.571. The fourth-order valence-electron chi connectivity index (χ4n) is 2.38. The van der Waals surface area contributed by atoms with E-state index in [1.165, 1.54) is 0 Å². The van der Waals surface area contributed by atoms with E-state index in [2.05, 4.69) is 0 Å². The molecule has 21 heavy (non-hydrogen) atoms. The van der Waals surface area contributed by atoms with E-state index in [1.54, 1.807) is 14.8 Å². The Hall–Kier alpha value is -1.14. The summed E-state index contributed by atoms with van der Waals surface area (Å²) in [7, 11) is 1.70. The second kappa shape index (κ2) is 5.93. The Bertz CT molecular complexity index is 459. The molecule has 7 heteroatoms. The Kier molecular flexibility index (Phi) is 5.06. The molecule has 1 rings (SSSR count). The Labute approximate surface area is 120 Å². The van der Waals surface area contributed by atoms with Gasteiger partial charge in [-0.15, -0.1) is 0 Å². The van der Waals surface area contributed by atoms with Crippen molar-refractivity contribution >= 4 is 7.85 Å². The van der Waals surface area contributed by atoms with Crippen LogP contribution in [-0.2, 0) is 17.7 Å². The first kappa shape index (κ1) is 17.9. The van der Waals surface area contributed by atoms with Gasteiger partial charge in [-0.25, -0.2) is 0 Å². The van der Waals surface area contributed by atoms with Gasteiger partial charge in [0.05, 0.1) is 11.1 Å². The number of hydrogen-bond acceptors (Lipinski definition) is 0. The van der Waals surface area contributed by atoms with E-state index < -0.39 is 28.8 Å². The van der Waals surface area contributed by atoms with Crippen LogP contribution >= 0.6 is 0 Å². The SMILES string of the molecule is BC(CC)(CCC)c1cc(C(F)(F)F)cc(C(F)(F)F)c1. The van der Waals surface area contributed by atoms with E-state index in [4.69, 9.17) is 0 Å². The first-order chi connectivity index (χ1) is 9.44. The summed E-state index contributed by atoms with van der Waals surface area (Å²) in [5, 5.41) is -0.698. The van der Waals surface area contributed by atoms with Gasteiger partial charge in [-0.3, -0.25) is 0 Å². The average Bonchev–Trinajstić information content (AvgIpc) is 2.36. The van der Waals surface area contributed by atoms with E-state index in [1.807, 2.05) is 6.92 Å². The molecule has 118 valence electrons. The van der Waals surface area contributed by atoms with Crippen molar-refractivity contribution in [1.29, 1.82) is 0 Å². The van der Waals surface area contributed by atoms with E-state index in [9.17, 15) is 26.3 Å². The Balaban J connectivity index is 3.52. The molecule has 0 radical (unpaired) electrons. The number of halogens is 6. The van der Waals surface area contributed by atoms with Crippen molar-refractivity contribution in [3.63, 3.8) is 0 Å². The maximum absolute atomic E-state index is 12.8. The molecular formula is C14H17BF6. The van der Waals surface area contributed by atoms with E-state index in [0.29, 0.717) is 19.3 Å². The standard InChI is InChI=1S/C14H17BF6/c1-3-5-12(15,4-2)9-6-10(13(16,17)18)8-11(7-9)14(19,20)21/h6-8H,3-5,15H2,1-2H3. The second-order valence-corrected chi connectivity index (χ2v) is 5.46. The van der Waals surface area contributed by atoms with Crippen LogP contribution in [0.25, 0.3) is 0 Å². The molecule has 0 aromatic heterocycles. The number of alkyl halides is 6. The highest BCUT2D eigenvalue weighted by Crippen LogP contribution is 2.40. The molecule has 0 saturated carbocycles. The second-order valence-electron chi connectivity index (χ2n) is 5.46. The molecule has 0 aliphatic rings. The summed E-state index contributed by atoms with van der Waals surface area (Å²) in [5.74, 6) is 0. The zero-order valence-electron chi connectivity index (χ0n) is 12.1. The third kappa shape index (κ3) is 4.17. The summed E-state index contributed by atoms with van der Waals surface area (Å²) < 4.78 is 77.1. The van der Waals surface area contributed by atoms with Gasteiger partial charge in [0.2, 0.25) is 0 Å². The van der Waals surface area contributed by atoms with Gasteiger partial charge in [0.25, 0.3) is 0 Å². The molecule has 1 unspecified atom stereocenters. The molecule has 0 aliphatic carbocycles. The molecule has 0 aliphatic heterocycles. The van der Waals surface area contributed by atoms with E-state index >= 15 is 0 Å². The van der Waals surface area contributed by atoms with Gasteiger partial charge >= 0.3 is 12.4 Å². The van der Waals surface area contributed by atoms with Crippen LogP contribution in [0.3, 0.4) is 0 Å². The minimum Gasteiger partial charge on any atom is -0.166 e. The largest absolute Gasteiger partial charge is 0.416 e. The molecule has 0 spiro atoms. The summed E-state index contributed by atoms with van der Waals surface area (Å²) >= 11 is 0. The molecule has 0 fully saturated rings. The molecular weight excluding hydrogens is 293 g/mol. The van der Waals surface area contributed by atoms with Crippen LogP contribution in [0.1, 0.15) is 49.8 Å². The molecule has 0 bridgehead atoms. The van der Waals surface area contributed by atoms with Crippen molar-refractivity contribution in [2.24, 2.45) is 0 Å². The first-order valence-electron chi connectivity index (χ1n) is 6.74. The lowest BCUT2D eigenvalue weighted by Crippen LogP contribution is -2.27. The van der Waals surface area contributed by atoms with Crippen LogP contribution in [0, 0.1) is 0 Å². The van der Waals surface area contributed by atoms with E-state index in [-0.39, 0.29) is 11.6 Å². The molecule has 0 saturated heterocycles. The summed E-state index contributed by atoms with van der Waals surface area (Å²) in [5.41, 5.74) is -2.40. The molecule has 1 atom stereocenters. The maximum Gasteiger partial charge on any atom is 0.416 e. The zero-order chi connectivity index (χ0) is 16.5. The third-order valence-electron chi connectivity index (χ3n) is 3.87. The average molecular weight is 310 g/mol. The summed E-state index contributed by atoms with van der Waals surface area (Å²) in [6.45, 7) is 3.62. The highest BCUT2D eigenvalue weighted by Gasteiger charge is 2.38. The third-order valence-corrected chi connectivity index (χ3v) is 3.87. The minimum atomic E-state index is -4.79. The van der Waals surface area contributed by atoms with Crippen molar-refractivity contribution in [2.45, 2.75) is 50.8 Å². The van der Waals surface area contributed by atoms with Gasteiger partial charge < -0.3 is 0 Å². The Morgan fingerprint density at radius 1 is 0.810 bits per heavy atom. The smallest absolute Gasteiger partial charge is 0.166 e. The predicted molar refractivity (Wildman–Crippen MR) is 71.9 cm³/mol. The van der Waals surface area contributed by atoms with Gasteiger partial charge in [0.15, 0.2) is 0 Å². The molecule has 0 nitrogen and oxygen atoms in total. The van der Waals surface area contributed by atoms with Gasteiger partial charge in [-0.1, -0.05) is 33.1 Å². The summed E-state index contributed by atoms with van der Waals surface area (Å²) in [6.07, 6.45) is -7.91. The highest BCUT2D eigenvalue weighted by molar-refractivity contribution is 6.15. The van der Waals surface area contributed by atoms with Crippen LogP contribution in [0.5, 0.6) is 0 Å². The number of hydrogen-bond donors (Lipinski definition) is 0. The Morgan fingerprint density at radius 2 is 1.19 bits per heavy atom.